The molecule has 3 aromatic rings. The second kappa shape index (κ2) is 5.58. The van der Waals surface area contributed by atoms with Gasteiger partial charge in [-0.25, -0.2) is 4.98 Å². The molecule has 0 fully saturated rings. The highest BCUT2D eigenvalue weighted by atomic mass is 16.1. The number of hydrogen-bond donors (Lipinski definition) is 2. The van der Waals surface area contributed by atoms with Gasteiger partial charge >= 0.3 is 0 Å². The van der Waals surface area contributed by atoms with Crippen LogP contribution in [0.25, 0.3) is 10.9 Å². The van der Waals surface area contributed by atoms with Crippen molar-refractivity contribution in [3.8, 4) is 0 Å². The molecule has 0 unspecified atom stereocenters. The number of rotatable bonds is 3. The molecule has 2 aromatic heterocycles. The summed E-state index contributed by atoms with van der Waals surface area (Å²) in [6, 6.07) is 14.8. The summed E-state index contributed by atoms with van der Waals surface area (Å²) in [5, 5.41) is 6.75. The molecule has 0 radical (unpaired) electrons. The van der Waals surface area contributed by atoms with Crippen LogP contribution in [-0.2, 0) is 0 Å². The summed E-state index contributed by atoms with van der Waals surface area (Å²) in [5.74, 6) is 0.393. The molecule has 5 heteroatoms. The molecule has 1 aromatic carbocycles. The lowest BCUT2D eigenvalue weighted by Gasteiger charge is -2.08. The minimum atomic E-state index is -0.259. The van der Waals surface area contributed by atoms with Crippen LogP contribution < -0.4 is 10.6 Å². The number of benzene rings is 1. The van der Waals surface area contributed by atoms with E-state index >= 15 is 0 Å². The quantitative estimate of drug-likeness (QED) is 0.773. The van der Waals surface area contributed by atoms with E-state index in [1.165, 1.54) is 0 Å². The van der Waals surface area contributed by atoms with Crippen LogP contribution in [0.15, 0.2) is 54.7 Å². The van der Waals surface area contributed by atoms with Crippen molar-refractivity contribution in [3.05, 3.63) is 60.4 Å². The molecule has 104 valence electrons. The predicted octanol–water partition coefficient (Wildman–Crippen LogP) is 2.92. The Labute approximate surface area is 122 Å². The summed E-state index contributed by atoms with van der Waals surface area (Å²) in [7, 11) is 1.76. The zero-order chi connectivity index (χ0) is 14.7. The first-order valence-corrected chi connectivity index (χ1v) is 6.58. The fraction of sp³-hybridized carbons (Fsp3) is 0.0625. The van der Waals surface area contributed by atoms with Crippen LogP contribution in [0.1, 0.15) is 10.5 Å². The fourth-order valence-electron chi connectivity index (χ4n) is 2.09. The van der Waals surface area contributed by atoms with E-state index in [1.807, 2.05) is 30.3 Å². The standard InChI is InChI=1S/C16H14N4O/c1-17-14-9-3-8-13(19-14)16(21)20-12-7-2-5-11-6-4-10-18-15(11)12/h2-10H,1H3,(H,17,19)(H,20,21). The minimum Gasteiger partial charge on any atom is -0.373 e. The Bertz CT molecular complexity index is 796. The Hall–Kier alpha value is -2.95. The maximum absolute atomic E-state index is 12.3. The minimum absolute atomic E-state index is 0.259. The summed E-state index contributed by atoms with van der Waals surface area (Å²) in [6.07, 6.45) is 1.71. The zero-order valence-electron chi connectivity index (χ0n) is 11.5. The van der Waals surface area contributed by atoms with Crippen molar-refractivity contribution in [2.24, 2.45) is 0 Å². The molecular formula is C16H14N4O. The molecule has 0 bridgehead atoms. The van der Waals surface area contributed by atoms with Gasteiger partial charge in [-0.05, 0) is 24.3 Å². The van der Waals surface area contributed by atoms with Crippen LogP contribution in [0.4, 0.5) is 11.5 Å². The molecule has 2 heterocycles. The maximum atomic E-state index is 12.3. The van der Waals surface area contributed by atoms with E-state index in [-0.39, 0.29) is 5.91 Å². The van der Waals surface area contributed by atoms with Gasteiger partial charge in [-0.15, -0.1) is 0 Å². The molecule has 5 nitrogen and oxygen atoms in total. The molecule has 0 saturated heterocycles. The number of nitrogens with one attached hydrogen (secondary N) is 2. The normalized spacial score (nSPS) is 10.3. The molecule has 0 spiro atoms. The van der Waals surface area contributed by atoms with Crippen molar-refractivity contribution in [3.63, 3.8) is 0 Å². The highest BCUT2D eigenvalue weighted by molar-refractivity contribution is 6.07. The molecule has 0 saturated carbocycles. The van der Waals surface area contributed by atoms with Gasteiger partial charge in [-0.2, -0.15) is 0 Å². The molecule has 0 aliphatic carbocycles. The topological polar surface area (TPSA) is 66.9 Å². The van der Waals surface area contributed by atoms with Crippen LogP contribution in [0.3, 0.4) is 0 Å². The molecule has 2 N–H and O–H groups in total. The first-order valence-electron chi connectivity index (χ1n) is 6.58. The van der Waals surface area contributed by atoms with E-state index in [0.717, 1.165) is 10.9 Å². The SMILES string of the molecule is CNc1cccc(C(=O)Nc2cccc3cccnc23)n1. The zero-order valence-corrected chi connectivity index (χ0v) is 11.5. The number of carbonyl (C=O) groups is 1. The Morgan fingerprint density at radius 1 is 1.05 bits per heavy atom. The number of hydrogen-bond acceptors (Lipinski definition) is 4. The Morgan fingerprint density at radius 2 is 1.86 bits per heavy atom. The average molecular weight is 278 g/mol. The molecule has 0 aliphatic rings. The van der Waals surface area contributed by atoms with Crippen molar-refractivity contribution in [1.82, 2.24) is 9.97 Å². The van der Waals surface area contributed by atoms with Crippen molar-refractivity contribution < 1.29 is 4.79 Å². The first kappa shape index (κ1) is 13.1. The third-order valence-electron chi connectivity index (χ3n) is 3.12. The van der Waals surface area contributed by atoms with Gasteiger partial charge in [0.2, 0.25) is 0 Å². The Balaban J connectivity index is 1.93. The van der Waals surface area contributed by atoms with Crippen LogP contribution in [-0.4, -0.2) is 22.9 Å². The smallest absolute Gasteiger partial charge is 0.274 e. The molecule has 0 aliphatic heterocycles. The number of pyridine rings is 2. The van der Waals surface area contributed by atoms with Gasteiger partial charge in [0.15, 0.2) is 0 Å². The van der Waals surface area contributed by atoms with Gasteiger partial charge in [-0.3, -0.25) is 9.78 Å². The number of para-hydroxylation sites is 1. The lowest BCUT2D eigenvalue weighted by atomic mass is 10.2. The van der Waals surface area contributed by atoms with Crippen molar-refractivity contribution in [2.75, 3.05) is 17.7 Å². The van der Waals surface area contributed by atoms with Gasteiger partial charge in [0.1, 0.15) is 11.5 Å². The summed E-state index contributed by atoms with van der Waals surface area (Å²) < 4.78 is 0. The van der Waals surface area contributed by atoms with Crippen molar-refractivity contribution in [1.29, 1.82) is 0 Å². The maximum Gasteiger partial charge on any atom is 0.274 e. The van der Waals surface area contributed by atoms with E-state index < -0.39 is 0 Å². The summed E-state index contributed by atoms with van der Waals surface area (Å²) >= 11 is 0. The lowest BCUT2D eigenvalue weighted by Crippen LogP contribution is -2.14. The van der Waals surface area contributed by atoms with Gasteiger partial charge in [-0.1, -0.05) is 24.3 Å². The van der Waals surface area contributed by atoms with Crippen LogP contribution >= 0.6 is 0 Å². The van der Waals surface area contributed by atoms with Gasteiger partial charge in [0, 0.05) is 18.6 Å². The highest BCUT2D eigenvalue weighted by Crippen LogP contribution is 2.21. The van der Waals surface area contributed by atoms with E-state index in [2.05, 4.69) is 20.6 Å². The van der Waals surface area contributed by atoms with E-state index in [9.17, 15) is 4.79 Å². The predicted molar refractivity (Wildman–Crippen MR) is 83.5 cm³/mol. The highest BCUT2D eigenvalue weighted by Gasteiger charge is 2.10. The lowest BCUT2D eigenvalue weighted by molar-refractivity contribution is 0.102. The van der Waals surface area contributed by atoms with Gasteiger partial charge in [0.05, 0.1) is 11.2 Å². The van der Waals surface area contributed by atoms with E-state index in [4.69, 9.17) is 0 Å². The third-order valence-corrected chi connectivity index (χ3v) is 3.12. The Kier molecular flexibility index (Phi) is 3.47. The van der Waals surface area contributed by atoms with Crippen molar-refractivity contribution in [2.45, 2.75) is 0 Å². The molecule has 1 amide bonds. The monoisotopic (exact) mass is 278 g/mol. The molecule has 0 atom stereocenters. The van der Waals surface area contributed by atoms with E-state index in [1.54, 1.807) is 31.4 Å². The van der Waals surface area contributed by atoms with Gasteiger partial charge < -0.3 is 10.6 Å². The number of carbonyl (C=O) groups excluding carboxylic acids is 1. The van der Waals surface area contributed by atoms with Crippen LogP contribution in [0.5, 0.6) is 0 Å². The number of anilines is 2. The van der Waals surface area contributed by atoms with E-state index in [0.29, 0.717) is 17.2 Å². The molecule has 3 rings (SSSR count). The fourth-order valence-corrected chi connectivity index (χ4v) is 2.09. The third kappa shape index (κ3) is 2.67. The second-order valence-electron chi connectivity index (χ2n) is 4.49. The van der Waals surface area contributed by atoms with Crippen molar-refractivity contribution >= 4 is 28.3 Å². The second-order valence-corrected chi connectivity index (χ2v) is 4.49. The largest absolute Gasteiger partial charge is 0.373 e. The molecular weight excluding hydrogens is 264 g/mol. The first-order chi connectivity index (χ1) is 10.3. The Morgan fingerprint density at radius 3 is 2.71 bits per heavy atom. The summed E-state index contributed by atoms with van der Waals surface area (Å²) in [4.78, 5) is 20.8. The van der Waals surface area contributed by atoms with Crippen LogP contribution in [0.2, 0.25) is 0 Å². The number of amides is 1. The number of fused-ring (bicyclic) bond motifs is 1. The number of nitrogens with zero attached hydrogens (tertiary/aromatic N) is 2. The van der Waals surface area contributed by atoms with Crippen LogP contribution in [0, 0.1) is 0 Å². The summed E-state index contributed by atoms with van der Waals surface area (Å²) in [5.41, 5.74) is 1.79. The average Bonchev–Trinajstić information content (AvgIpc) is 2.55. The number of aromatic nitrogens is 2. The van der Waals surface area contributed by atoms with Gasteiger partial charge in [0.25, 0.3) is 5.91 Å². The molecule has 21 heavy (non-hydrogen) atoms. The summed E-state index contributed by atoms with van der Waals surface area (Å²) in [6.45, 7) is 0.